The third-order valence-electron chi connectivity index (χ3n) is 7.22. The molecule has 38 heavy (non-hydrogen) atoms. The first-order chi connectivity index (χ1) is 18.8. The number of aromatic nitrogens is 3. The van der Waals surface area contributed by atoms with E-state index in [1.807, 2.05) is 18.2 Å². The largest absolute Gasteiger partial charge is 0.353 e. The van der Waals surface area contributed by atoms with Gasteiger partial charge in [-0.3, -0.25) is 0 Å². The maximum Gasteiger partial charge on any atom is 0.0965 e. The highest BCUT2D eigenvalue weighted by Gasteiger charge is 2.17. The van der Waals surface area contributed by atoms with Crippen LogP contribution in [0.3, 0.4) is 0 Å². The molecule has 4 aromatic carbocycles. The molecule has 0 fully saturated rings. The Morgan fingerprint density at radius 3 is 1.89 bits per heavy atom. The molecule has 1 N–H and O–H groups in total. The van der Waals surface area contributed by atoms with Gasteiger partial charge in [0.15, 0.2) is 0 Å². The van der Waals surface area contributed by atoms with E-state index >= 15 is 0 Å². The highest BCUT2D eigenvalue weighted by Crippen LogP contribution is 2.37. The van der Waals surface area contributed by atoms with Crippen molar-refractivity contribution < 1.29 is 0 Å². The lowest BCUT2D eigenvalue weighted by molar-refractivity contribution is 1.26. The number of hydrogen-bond acceptors (Lipinski definition) is 2. The molecule has 0 bridgehead atoms. The number of para-hydroxylation sites is 1. The normalized spacial score (nSPS) is 11.3. The molecule has 0 spiro atoms. The van der Waals surface area contributed by atoms with Gasteiger partial charge in [-0.2, -0.15) is 0 Å². The minimum Gasteiger partial charge on any atom is -0.353 e. The van der Waals surface area contributed by atoms with Gasteiger partial charge in [0.2, 0.25) is 0 Å². The minimum atomic E-state index is 0.942. The summed E-state index contributed by atoms with van der Waals surface area (Å²) in [5.41, 5.74) is 12.8. The highest BCUT2D eigenvalue weighted by molar-refractivity contribution is 6.10. The summed E-state index contributed by atoms with van der Waals surface area (Å²) in [4.78, 5) is 14.0. The molecule has 180 valence electrons. The standard InChI is InChI=1S/C35H25N3/c1-23-29(22-32(25-14-7-3-8-15-25)38-33(23)26-16-9-4-10-17-26)30-20-21-31-35(36-30)28-19-11-18-27(34(28)37-31)24-12-5-2-6-13-24/h2-22,37H,1H3. The van der Waals surface area contributed by atoms with Crippen LogP contribution in [0.25, 0.3) is 66.8 Å². The lowest BCUT2D eigenvalue weighted by Crippen LogP contribution is -1.97. The van der Waals surface area contributed by atoms with Crippen molar-refractivity contribution in [2.45, 2.75) is 6.92 Å². The lowest BCUT2D eigenvalue weighted by atomic mass is 9.97. The topological polar surface area (TPSA) is 41.6 Å². The molecular formula is C35H25N3. The van der Waals surface area contributed by atoms with Crippen LogP contribution in [0.2, 0.25) is 0 Å². The second-order valence-electron chi connectivity index (χ2n) is 9.57. The maximum atomic E-state index is 5.24. The predicted molar refractivity (Wildman–Crippen MR) is 158 cm³/mol. The molecule has 0 unspecified atom stereocenters. The Balaban J connectivity index is 1.45. The average Bonchev–Trinajstić information content (AvgIpc) is 3.37. The Hall–Kier alpha value is -5.02. The van der Waals surface area contributed by atoms with Crippen molar-refractivity contribution in [2.75, 3.05) is 0 Å². The van der Waals surface area contributed by atoms with E-state index < -0.39 is 0 Å². The molecule has 0 atom stereocenters. The van der Waals surface area contributed by atoms with Crippen LogP contribution >= 0.6 is 0 Å². The van der Waals surface area contributed by atoms with E-state index in [4.69, 9.17) is 9.97 Å². The van der Waals surface area contributed by atoms with Gasteiger partial charge in [-0.1, -0.05) is 109 Å². The average molecular weight is 488 g/mol. The van der Waals surface area contributed by atoms with Crippen LogP contribution in [-0.2, 0) is 0 Å². The summed E-state index contributed by atoms with van der Waals surface area (Å²) in [7, 11) is 0. The van der Waals surface area contributed by atoms with Crippen molar-refractivity contribution in [3.05, 3.63) is 133 Å². The number of benzene rings is 4. The molecule has 0 amide bonds. The molecule has 0 aliphatic rings. The van der Waals surface area contributed by atoms with Gasteiger partial charge in [-0.05, 0) is 36.2 Å². The van der Waals surface area contributed by atoms with Crippen molar-refractivity contribution in [3.8, 4) is 44.9 Å². The van der Waals surface area contributed by atoms with E-state index in [9.17, 15) is 0 Å². The molecule has 0 aliphatic carbocycles. The SMILES string of the molecule is Cc1c(-c2ccc3[nH]c4c(-c5ccccc5)cccc4c3n2)cc(-c2ccccc2)nc1-c1ccccc1. The van der Waals surface area contributed by atoms with Gasteiger partial charge < -0.3 is 4.98 Å². The summed E-state index contributed by atoms with van der Waals surface area (Å²) < 4.78 is 0. The molecule has 3 aromatic heterocycles. The molecule has 7 rings (SSSR count). The zero-order valence-electron chi connectivity index (χ0n) is 21.0. The van der Waals surface area contributed by atoms with Crippen LogP contribution in [0.15, 0.2) is 127 Å². The molecule has 0 radical (unpaired) electrons. The van der Waals surface area contributed by atoms with Crippen molar-refractivity contribution >= 4 is 21.9 Å². The molecule has 3 heterocycles. The van der Waals surface area contributed by atoms with Gasteiger partial charge in [0.1, 0.15) is 0 Å². The second-order valence-corrected chi connectivity index (χ2v) is 9.57. The number of aromatic amines is 1. The lowest BCUT2D eigenvalue weighted by Gasteiger charge is -2.14. The molecule has 0 aliphatic heterocycles. The Morgan fingerprint density at radius 1 is 0.526 bits per heavy atom. The predicted octanol–water partition coefficient (Wildman–Crippen LogP) is 9.09. The van der Waals surface area contributed by atoms with E-state index in [-0.39, 0.29) is 0 Å². The number of fused-ring (bicyclic) bond motifs is 3. The fourth-order valence-corrected chi connectivity index (χ4v) is 5.30. The molecular weight excluding hydrogens is 462 g/mol. The maximum absolute atomic E-state index is 5.24. The van der Waals surface area contributed by atoms with Gasteiger partial charge in [0, 0.05) is 27.6 Å². The number of H-pyrrole nitrogens is 1. The van der Waals surface area contributed by atoms with Gasteiger partial charge in [-0.25, -0.2) is 9.97 Å². The second kappa shape index (κ2) is 9.13. The van der Waals surface area contributed by atoms with Gasteiger partial charge >= 0.3 is 0 Å². The molecule has 7 aromatic rings. The summed E-state index contributed by atoms with van der Waals surface area (Å²) in [6, 6.07) is 44.1. The third-order valence-corrected chi connectivity index (χ3v) is 7.22. The van der Waals surface area contributed by atoms with Gasteiger partial charge in [-0.15, -0.1) is 0 Å². The zero-order chi connectivity index (χ0) is 25.5. The van der Waals surface area contributed by atoms with E-state index in [2.05, 4.69) is 121 Å². The quantitative estimate of drug-likeness (QED) is 0.269. The van der Waals surface area contributed by atoms with Crippen LogP contribution in [0.1, 0.15) is 5.56 Å². The van der Waals surface area contributed by atoms with Crippen LogP contribution in [0, 0.1) is 6.92 Å². The Kier molecular flexibility index (Phi) is 5.33. The van der Waals surface area contributed by atoms with Crippen LogP contribution in [0.4, 0.5) is 0 Å². The van der Waals surface area contributed by atoms with Gasteiger partial charge in [0.25, 0.3) is 0 Å². The fourth-order valence-electron chi connectivity index (χ4n) is 5.30. The first-order valence-corrected chi connectivity index (χ1v) is 12.9. The number of nitrogens with zero attached hydrogens (tertiary/aromatic N) is 2. The first kappa shape index (κ1) is 22.2. The molecule has 0 saturated heterocycles. The fraction of sp³-hybridized carbons (Fsp3) is 0.0286. The van der Waals surface area contributed by atoms with Crippen molar-refractivity contribution in [1.29, 1.82) is 0 Å². The molecule has 3 heteroatoms. The summed E-state index contributed by atoms with van der Waals surface area (Å²) in [5, 5.41) is 1.13. The number of nitrogens with one attached hydrogen (secondary N) is 1. The van der Waals surface area contributed by atoms with Crippen LogP contribution in [-0.4, -0.2) is 15.0 Å². The molecule has 0 saturated carbocycles. The van der Waals surface area contributed by atoms with Crippen molar-refractivity contribution in [3.63, 3.8) is 0 Å². The number of rotatable bonds is 4. The third kappa shape index (κ3) is 3.77. The summed E-state index contributed by atoms with van der Waals surface area (Å²) in [6.07, 6.45) is 0. The van der Waals surface area contributed by atoms with E-state index in [0.29, 0.717) is 0 Å². The summed E-state index contributed by atoms with van der Waals surface area (Å²) >= 11 is 0. The minimum absolute atomic E-state index is 0.942. The number of hydrogen-bond donors (Lipinski definition) is 1. The van der Waals surface area contributed by atoms with Crippen LogP contribution < -0.4 is 0 Å². The highest BCUT2D eigenvalue weighted by atomic mass is 14.8. The van der Waals surface area contributed by atoms with Crippen molar-refractivity contribution in [1.82, 2.24) is 15.0 Å². The van der Waals surface area contributed by atoms with Gasteiger partial charge in [0.05, 0.1) is 33.6 Å². The Morgan fingerprint density at radius 2 is 1.18 bits per heavy atom. The van der Waals surface area contributed by atoms with E-state index in [1.165, 1.54) is 11.1 Å². The summed E-state index contributed by atoms with van der Waals surface area (Å²) in [5.74, 6) is 0. The van der Waals surface area contributed by atoms with E-state index in [0.717, 1.165) is 61.3 Å². The zero-order valence-corrected chi connectivity index (χ0v) is 21.0. The van der Waals surface area contributed by atoms with Crippen molar-refractivity contribution in [2.24, 2.45) is 0 Å². The number of pyridine rings is 2. The Bertz CT molecular complexity index is 1900. The summed E-state index contributed by atoms with van der Waals surface area (Å²) in [6.45, 7) is 2.15. The smallest absolute Gasteiger partial charge is 0.0965 e. The van der Waals surface area contributed by atoms with E-state index in [1.54, 1.807) is 0 Å². The Labute approximate surface area is 221 Å². The monoisotopic (exact) mass is 487 g/mol. The van der Waals surface area contributed by atoms with Crippen LogP contribution in [0.5, 0.6) is 0 Å². The first-order valence-electron chi connectivity index (χ1n) is 12.9. The molecule has 3 nitrogen and oxygen atoms in total.